The Hall–Kier alpha value is -1.03. The topological polar surface area (TPSA) is 3.24 Å². The highest BCUT2D eigenvalue weighted by atomic mass is 19.4. The molecular formula is C18H24F3N. The molecule has 0 heterocycles. The van der Waals surface area contributed by atoms with Crippen LogP contribution in [0.15, 0.2) is 24.3 Å². The van der Waals surface area contributed by atoms with Crippen molar-refractivity contribution in [2.75, 3.05) is 7.05 Å². The number of rotatable bonds is 3. The zero-order valence-electron chi connectivity index (χ0n) is 13.1. The fourth-order valence-corrected chi connectivity index (χ4v) is 3.90. The first-order valence-electron chi connectivity index (χ1n) is 8.34. The van der Waals surface area contributed by atoms with Crippen LogP contribution < -0.4 is 0 Å². The van der Waals surface area contributed by atoms with Gasteiger partial charge < -0.3 is 4.90 Å². The Labute approximate surface area is 130 Å². The van der Waals surface area contributed by atoms with Gasteiger partial charge in [0.25, 0.3) is 0 Å². The second kappa shape index (κ2) is 6.23. The van der Waals surface area contributed by atoms with E-state index in [1.165, 1.54) is 37.8 Å². The van der Waals surface area contributed by atoms with Crippen molar-refractivity contribution in [3.63, 3.8) is 0 Å². The summed E-state index contributed by atoms with van der Waals surface area (Å²) in [5.41, 5.74) is 0.348. The molecule has 2 aliphatic carbocycles. The maximum atomic E-state index is 12.9. The summed E-state index contributed by atoms with van der Waals surface area (Å²) in [6.45, 7) is 0. The maximum Gasteiger partial charge on any atom is 0.416 e. The largest absolute Gasteiger partial charge is 0.416 e. The van der Waals surface area contributed by atoms with Gasteiger partial charge >= 0.3 is 6.18 Å². The van der Waals surface area contributed by atoms with Crippen LogP contribution in [0.3, 0.4) is 0 Å². The quantitative estimate of drug-likeness (QED) is 0.740. The van der Waals surface area contributed by atoms with Crippen LogP contribution in [-0.4, -0.2) is 24.0 Å². The average molecular weight is 311 g/mol. The van der Waals surface area contributed by atoms with Crippen molar-refractivity contribution in [1.82, 2.24) is 4.90 Å². The highest BCUT2D eigenvalue weighted by molar-refractivity contribution is 5.28. The first-order valence-corrected chi connectivity index (χ1v) is 8.34. The van der Waals surface area contributed by atoms with Gasteiger partial charge in [-0.15, -0.1) is 0 Å². The van der Waals surface area contributed by atoms with Gasteiger partial charge in [-0.1, -0.05) is 31.0 Å². The lowest BCUT2D eigenvalue weighted by Crippen LogP contribution is -2.45. The Kier molecular flexibility index (Phi) is 4.49. The van der Waals surface area contributed by atoms with Crippen molar-refractivity contribution in [1.29, 1.82) is 0 Å². The van der Waals surface area contributed by atoms with Crippen LogP contribution in [0.5, 0.6) is 0 Å². The summed E-state index contributed by atoms with van der Waals surface area (Å²) in [4.78, 5) is 2.49. The third kappa shape index (κ3) is 3.32. The lowest BCUT2D eigenvalue weighted by molar-refractivity contribution is -0.137. The number of halogens is 3. The predicted molar refractivity (Wildman–Crippen MR) is 81.8 cm³/mol. The molecule has 0 unspecified atom stereocenters. The van der Waals surface area contributed by atoms with Gasteiger partial charge in [-0.05, 0) is 56.7 Å². The molecule has 1 aromatic rings. The van der Waals surface area contributed by atoms with Crippen molar-refractivity contribution < 1.29 is 13.2 Å². The Bertz CT molecular complexity index is 507. The molecule has 2 saturated carbocycles. The van der Waals surface area contributed by atoms with Crippen molar-refractivity contribution in [3.05, 3.63) is 35.4 Å². The van der Waals surface area contributed by atoms with Crippen LogP contribution in [0.25, 0.3) is 0 Å². The summed E-state index contributed by atoms with van der Waals surface area (Å²) in [6.07, 6.45) is 3.93. The van der Waals surface area contributed by atoms with Gasteiger partial charge in [-0.25, -0.2) is 0 Å². The summed E-state index contributed by atoms with van der Waals surface area (Å²) >= 11 is 0. The lowest BCUT2D eigenvalue weighted by Gasteiger charge is -2.43. The van der Waals surface area contributed by atoms with Crippen LogP contribution in [0.4, 0.5) is 13.2 Å². The van der Waals surface area contributed by atoms with E-state index in [1.54, 1.807) is 6.07 Å². The van der Waals surface area contributed by atoms with E-state index in [9.17, 15) is 13.2 Å². The predicted octanol–water partition coefficient (Wildman–Crippen LogP) is 5.22. The van der Waals surface area contributed by atoms with Crippen molar-refractivity contribution in [2.24, 2.45) is 0 Å². The molecule has 0 amide bonds. The Morgan fingerprint density at radius 1 is 1.00 bits per heavy atom. The second-order valence-electron chi connectivity index (χ2n) is 6.89. The zero-order chi connectivity index (χ0) is 15.7. The van der Waals surface area contributed by atoms with E-state index >= 15 is 0 Å². The number of alkyl halides is 3. The molecule has 2 atom stereocenters. The molecule has 0 radical (unpaired) electrons. The van der Waals surface area contributed by atoms with Gasteiger partial charge in [-0.3, -0.25) is 0 Å². The van der Waals surface area contributed by atoms with Gasteiger partial charge in [0.1, 0.15) is 0 Å². The van der Waals surface area contributed by atoms with Gasteiger partial charge in [-0.2, -0.15) is 13.2 Å². The minimum atomic E-state index is -4.24. The molecule has 0 bridgehead atoms. The molecule has 0 aromatic heterocycles. The fraction of sp³-hybridized carbons (Fsp3) is 0.667. The SMILES string of the molecule is CN(C1CCC1)[C@@H]1CCC[C@H](c2cccc(C(F)(F)F)c2)C1. The van der Waals surface area contributed by atoms with E-state index in [2.05, 4.69) is 11.9 Å². The van der Waals surface area contributed by atoms with E-state index in [-0.39, 0.29) is 5.92 Å². The van der Waals surface area contributed by atoms with Crippen LogP contribution in [-0.2, 0) is 6.18 Å². The smallest absolute Gasteiger partial charge is 0.300 e. The van der Waals surface area contributed by atoms with E-state index in [4.69, 9.17) is 0 Å². The fourth-order valence-electron chi connectivity index (χ4n) is 3.90. The minimum absolute atomic E-state index is 0.267. The molecule has 0 N–H and O–H groups in total. The second-order valence-corrected chi connectivity index (χ2v) is 6.89. The third-order valence-electron chi connectivity index (χ3n) is 5.56. The van der Waals surface area contributed by atoms with Crippen LogP contribution in [0, 0.1) is 0 Å². The molecule has 2 aliphatic rings. The summed E-state index contributed by atoms with van der Waals surface area (Å²) in [5, 5.41) is 0. The maximum absolute atomic E-state index is 12.9. The van der Waals surface area contributed by atoms with Crippen LogP contribution in [0.1, 0.15) is 62.0 Å². The standard InChI is InChI=1S/C18H24F3N/c1-22(16-8-4-9-16)17-10-3-6-14(12-17)13-5-2-7-15(11-13)18(19,20)21/h2,5,7,11,14,16-17H,3-4,6,8-10,12H2,1H3/t14-,17+/m0/s1. The number of benzene rings is 1. The molecule has 4 heteroatoms. The minimum Gasteiger partial charge on any atom is -0.300 e. The third-order valence-corrected chi connectivity index (χ3v) is 5.56. The van der Waals surface area contributed by atoms with Crippen LogP contribution in [0.2, 0.25) is 0 Å². The Balaban J connectivity index is 1.71. The van der Waals surface area contributed by atoms with Gasteiger partial charge in [0.15, 0.2) is 0 Å². The van der Waals surface area contributed by atoms with Crippen molar-refractivity contribution in [2.45, 2.75) is 69.1 Å². The average Bonchev–Trinajstić information content (AvgIpc) is 2.45. The molecule has 1 nitrogen and oxygen atoms in total. The molecule has 122 valence electrons. The molecular weight excluding hydrogens is 287 g/mol. The van der Waals surface area contributed by atoms with Gasteiger partial charge in [0, 0.05) is 12.1 Å². The van der Waals surface area contributed by atoms with E-state index in [0.717, 1.165) is 24.8 Å². The van der Waals surface area contributed by atoms with E-state index in [1.807, 2.05) is 6.07 Å². The lowest BCUT2D eigenvalue weighted by atomic mass is 9.79. The van der Waals surface area contributed by atoms with E-state index in [0.29, 0.717) is 12.1 Å². The molecule has 3 rings (SSSR count). The summed E-state index contributed by atoms with van der Waals surface area (Å²) < 4.78 is 38.7. The van der Waals surface area contributed by atoms with Gasteiger partial charge in [0.2, 0.25) is 0 Å². The summed E-state index contributed by atoms with van der Waals surface area (Å²) in [7, 11) is 2.20. The highest BCUT2D eigenvalue weighted by Crippen LogP contribution is 2.39. The first kappa shape index (κ1) is 15.9. The molecule has 2 fully saturated rings. The van der Waals surface area contributed by atoms with Crippen LogP contribution >= 0.6 is 0 Å². The molecule has 0 saturated heterocycles. The number of hydrogen-bond acceptors (Lipinski definition) is 1. The molecule has 22 heavy (non-hydrogen) atoms. The normalized spacial score (nSPS) is 27.0. The summed E-state index contributed by atoms with van der Waals surface area (Å²) in [5.74, 6) is 0.267. The van der Waals surface area contributed by atoms with Crippen molar-refractivity contribution >= 4 is 0 Å². The van der Waals surface area contributed by atoms with Gasteiger partial charge in [0.05, 0.1) is 5.56 Å². The molecule has 1 aromatic carbocycles. The first-order chi connectivity index (χ1) is 10.4. The summed E-state index contributed by atoms with van der Waals surface area (Å²) in [6, 6.07) is 7.17. The zero-order valence-corrected chi connectivity index (χ0v) is 13.1. The van der Waals surface area contributed by atoms with E-state index < -0.39 is 11.7 Å². The number of hydrogen-bond donors (Lipinski definition) is 0. The highest BCUT2D eigenvalue weighted by Gasteiger charge is 2.34. The molecule has 0 spiro atoms. The monoisotopic (exact) mass is 311 g/mol. The Morgan fingerprint density at radius 2 is 1.68 bits per heavy atom. The molecule has 0 aliphatic heterocycles. The van der Waals surface area contributed by atoms with Crippen molar-refractivity contribution in [3.8, 4) is 0 Å². The number of nitrogens with zero attached hydrogens (tertiary/aromatic N) is 1. The Morgan fingerprint density at radius 3 is 2.32 bits per heavy atom.